The van der Waals surface area contributed by atoms with Gasteiger partial charge < -0.3 is 9.73 Å². The topological polar surface area (TPSA) is 73.0 Å². The summed E-state index contributed by atoms with van der Waals surface area (Å²) in [6.07, 6.45) is 1.34. The molecule has 0 bridgehead atoms. The predicted octanol–water partition coefficient (Wildman–Crippen LogP) is 3.59. The quantitative estimate of drug-likeness (QED) is 0.801. The molecule has 0 aliphatic carbocycles. The molecule has 7 heteroatoms. The van der Waals surface area contributed by atoms with Gasteiger partial charge in [0, 0.05) is 7.05 Å². The van der Waals surface area contributed by atoms with Gasteiger partial charge in [0.15, 0.2) is 12.0 Å². The van der Waals surface area contributed by atoms with E-state index >= 15 is 0 Å². The number of nitrogens with one attached hydrogen (secondary N) is 1. The van der Waals surface area contributed by atoms with Crippen molar-refractivity contribution in [3.05, 3.63) is 41.0 Å². The number of oxazole rings is 1. The van der Waals surface area contributed by atoms with Crippen LogP contribution in [0.2, 0.25) is 5.15 Å². The zero-order valence-electron chi connectivity index (χ0n) is 12.4. The normalized spacial score (nSPS) is 11.3. The molecule has 6 nitrogen and oxygen atoms in total. The second-order valence-corrected chi connectivity index (χ2v) is 5.65. The molecule has 0 atom stereocenters. The molecule has 2 heterocycles. The Bertz CT molecular complexity index is 850. The lowest BCUT2D eigenvalue weighted by Gasteiger charge is -2.07. The molecule has 0 unspecified atom stereocenters. The van der Waals surface area contributed by atoms with E-state index in [9.17, 15) is 4.79 Å². The minimum absolute atomic E-state index is 0.0855. The number of fused-ring (bicyclic) bond motifs is 1. The second kappa shape index (κ2) is 5.46. The van der Waals surface area contributed by atoms with Crippen molar-refractivity contribution in [3.8, 4) is 0 Å². The van der Waals surface area contributed by atoms with Crippen molar-refractivity contribution in [2.45, 2.75) is 19.8 Å². The zero-order valence-corrected chi connectivity index (χ0v) is 13.2. The van der Waals surface area contributed by atoms with Gasteiger partial charge in [-0.25, -0.2) is 4.98 Å². The molecule has 114 valence electrons. The Morgan fingerprint density at radius 1 is 1.41 bits per heavy atom. The predicted molar refractivity (Wildman–Crippen MR) is 84.3 cm³/mol. The molecule has 0 spiro atoms. The van der Waals surface area contributed by atoms with Gasteiger partial charge in [-0.1, -0.05) is 31.5 Å². The minimum atomic E-state index is -0.308. The van der Waals surface area contributed by atoms with Crippen LogP contribution in [0.5, 0.6) is 0 Å². The fourth-order valence-corrected chi connectivity index (χ4v) is 2.53. The molecule has 0 saturated carbocycles. The van der Waals surface area contributed by atoms with Crippen LogP contribution >= 0.6 is 11.6 Å². The number of aromatic nitrogens is 3. The Morgan fingerprint density at radius 3 is 2.91 bits per heavy atom. The number of amides is 1. The molecule has 3 rings (SSSR count). The Hall–Kier alpha value is -2.34. The number of hydrogen-bond donors (Lipinski definition) is 1. The van der Waals surface area contributed by atoms with Crippen molar-refractivity contribution in [1.82, 2.24) is 14.8 Å². The van der Waals surface area contributed by atoms with E-state index in [4.69, 9.17) is 16.0 Å². The first-order valence-electron chi connectivity index (χ1n) is 6.85. The highest BCUT2D eigenvalue weighted by Gasteiger charge is 2.24. The van der Waals surface area contributed by atoms with Gasteiger partial charge in [0.25, 0.3) is 5.91 Å². The highest BCUT2D eigenvalue weighted by molar-refractivity contribution is 6.33. The molecule has 0 saturated heterocycles. The molecule has 3 aromatic rings. The lowest BCUT2D eigenvalue weighted by Crippen LogP contribution is -2.14. The van der Waals surface area contributed by atoms with E-state index in [1.165, 1.54) is 11.1 Å². The molecule has 2 aromatic heterocycles. The Kier molecular flexibility index (Phi) is 3.62. The van der Waals surface area contributed by atoms with E-state index in [1.54, 1.807) is 25.2 Å². The molecular formula is C15H15ClN4O2. The van der Waals surface area contributed by atoms with E-state index in [1.807, 2.05) is 13.8 Å². The van der Waals surface area contributed by atoms with Gasteiger partial charge in [-0.05, 0) is 18.1 Å². The molecule has 1 N–H and O–H groups in total. The second-order valence-electron chi connectivity index (χ2n) is 5.29. The average molecular weight is 319 g/mol. The van der Waals surface area contributed by atoms with Crippen LogP contribution in [0.1, 0.15) is 35.8 Å². The monoisotopic (exact) mass is 318 g/mol. The summed E-state index contributed by atoms with van der Waals surface area (Å²) in [5.74, 6) is -0.223. The third-order valence-electron chi connectivity index (χ3n) is 3.39. The third-order valence-corrected chi connectivity index (χ3v) is 3.82. The number of anilines is 1. The van der Waals surface area contributed by atoms with Gasteiger partial charge in [0.2, 0.25) is 0 Å². The van der Waals surface area contributed by atoms with Crippen molar-refractivity contribution in [2.75, 3.05) is 5.32 Å². The van der Waals surface area contributed by atoms with Crippen LogP contribution in [0.15, 0.2) is 29.0 Å². The molecule has 22 heavy (non-hydrogen) atoms. The Labute approximate surface area is 132 Å². The standard InChI is InChI=1S/C15H15ClN4O2/c1-8(2)12-11(14(16)20(3)19-12)15(21)18-9-5-4-6-10-13(9)17-7-22-10/h4-8H,1-3H3,(H,18,21). The molecule has 0 aliphatic heterocycles. The van der Waals surface area contributed by atoms with E-state index in [0.717, 1.165) is 0 Å². The lowest BCUT2D eigenvalue weighted by atomic mass is 10.1. The number of para-hydroxylation sites is 1. The highest BCUT2D eigenvalue weighted by atomic mass is 35.5. The van der Waals surface area contributed by atoms with Gasteiger partial charge in [-0.3, -0.25) is 9.48 Å². The first-order valence-corrected chi connectivity index (χ1v) is 7.22. The minimum Gasteiger partial charge on any atom is -0.443 e. The zero-order chi connectivity index (χ0) is 15.9. The average Bonchev–Trinajstić information content (AvgIpc) is 3.05. The highest BCUT2D eigenvalue weighted by Crippen LogP contribution is 2.28. The van der Waals surface area contributed by atoms with Crippen molar-refractivity contribution in [2.24, 2.45) is 7.05 Å². The first-order chi connectivity index (χ1) is 10.5. The Morgan fingerprint density at radius 2 is 2.18 bits per heavy atom. The summed E-state index contributed by atoms with van der Waals surface area (Å²) in [5.41, 5.74) is 2.84. The Balaban J connectivity index is 2.00. The van der Waals surface area contributed by atoms with E-state index in [-0.39, 0.29) is 11.8 Å². The van der Waals surface area contributed by atoms with Gasteiger partial charge in [0.05, 0.1) is 11.4 Å². The summed E-state index contributed by atoms with van der Waals surface area (Å²) in [7, 11) is 1.71. The number of carbonyl (C=O) groups excluding carboxylic acids is 1. The summed E-state index contributed by atoms with van der Waals surface area (Å²) in [6, 6.07) is 5.34. The van der Waals surface area contributed by atoms with Gasteiger partial charge in [-0.2, -0.15) is 5.10 Å². The first kappa shape index (κ1) is 14.6. The smallest absolute Gasteiger partial charge is 0.260 e. The third kappa shape index (κ3) is 2.35. The maximum absolute atomic E-state index is 12.6. The maximum Gasteiger partial charge on any atom is 0.260 e. The number of nitrogens with zero attached hydrogens (tertiary/aromatic N) is 3. The van der Waals surface area contributed by atoms with E-state index in [0.29, 0.717) is 33.2 Å². The molecule has 0 aliphatic rings. The number of hydrogen-bond acceptors (Lipinski definition) is 4. The number of halogens is 1. The number of rotatable bonds is 3. The van der Waals surface area contributed by atoms with E-state index in [2.05, 4.69) is 15.4 Å². The maximum atomic E-state index is 12.6. The van der Waals surface area contributed by atoms with Gasteiger partial charge >= 0.3 is 0 Å². The molecular weight excluding hydrogens is 304 g/mol. The van der Waals surface area contributed by atoms with Gasteiger partial charge in [-0.15, -0.1) is 0 Å². The largest absolute Gasteiger partial charge is 0.443 e. The lowest BCUT2D eigenvalue weighted by molar-refractivity contribution is 0.102. The SMILES string of the molecule is CC(C)c1nn(C)c(Cl)c1C(=O)Nc1cccc2ocnc12. The van der Waals surface area contributed by atoms with Crippen LogP contribution in [-0.4, -0.2) is 20.7 Å². The summed E-state index contributed by atoms with van der Waals surface area (Å²) >= 11 is 6.22. The van der Waals surface area contributed by atoms with Crippen LogP contribution < -0.4 is 5.32 Å². The molecule has 0 radical (unpaired) electrons. The van der Waals surface area contributed by atoms with Crippen molar-refractivity contribution >= 4 is 34.3 Å². The summed E-state index contributed by atoms with van der Waals surface area (Å²) in [6.45, 7) is 3.93. The number of aryl methyl sites for hydroxylation is 1. The van der Waals surface area contributed by atoms with Crippen LogP contribution in [0.3, 0.4) is 0 Å². The number of carbonyl (C=O) groups is 1. The number of benzene rings is 1. The fourth-order valence-electron chi connectivity index (χ4n) is 2.31. The molecule has 1 aromatic carbocycles. The van der Waals surface area contributed by atoms with Crippen LogP contribution in [0.4, 0.5) is 5.69 Å². The van der Waals surface area contributed by atoms with E-state index < -0.39 is 0 Å². The van der Waals surface area contributed by atoms with Crippen molar-refractivity contribution in [1.29, 1.82) is 0 Å². The summed E-state index contributed by atoms with van der Waals surface area (Å²) < 4.78 is 6.73. The summed E-state index contributed by atoms with van der Waals surface area (Å²) in [5, 5.41) is 7.47. The summed E-state index contributed by atoms with van der Waals surface area (Å²) in [4.78, 5) is 16.7. The van der Waals surface area contributed by atoms with Gasteiger partial charge in [0.1, 0.15) is 16.2 Å². The van der Waals surface area contributed by atoms with Crippen molar-refractivity contribution in [3.63, 3.8) is 0 Å². The van der Waals surface area contributed by atoms with Crippen molar-refractivity contribution < 1.29 is 9.21 Å². The van der Waals surface area contributed by atoms with Crippen LogP contribution in [0, 0.1) is 0 Å². The molecule has 0 fully saturated rings. The van der Waals surface area contributed by atoms with Crippen LogP contribution in [0.25, 0.3) is 11.1 Å². The fraction of sp³-hybridized carbons (Fsp3) is 0.267. The van der Waals surface area contributed by atoms with Crippen LogP contribution in [-0.2, 0) is 7.05 Å². The molecule has 1 amide bonds.